The molecule has 1 unspecified atom stereocenters. The molecule has 0 saturated carbocycles. The quantitative estimate of drug-likeness (QED) is 0.603. The van der Waals surface area contributed by atoms with Gasteiger partial charge in [-0.05, 0) is 37.1 Å². The van der Waals surface area contributed by atoms with E-state index in [1.807, 2.05) is 6.92 Å². The molecule has 4 heteroatoms. The minimum absolute atomic E-state index is 0.150. The van der Waals surface area contributed by atoms with E-state index >= 15 is 0 Å². The van der Waals surface area contributed by atoms with Crippen LogP contribution >= 0.6 is 11.6 Å². The number of Topliss-reactive ketones (excluding diaryl/α,β-unsaturated/α-hetero) is 1. The normalized spacial score (nSPS) is 12.0. The van der Waals surface area contributed by atoms with E-state index in [0.29, 0.717) is 11.1 Å². The SMILES string of the molecule is COC(=O)c1cc(C)cc(C(Cl)C(C)=O)c1. The third-order valence-corrected chi connectivity index (χ3v) is 2.73. The molecule has 1 atom stereocenters. The summed E-state index contributed by atoms with van der Waals surface area (Å²) in [6.07, 6.45) is 0. The summed E-state index contributed by atoms with van der Waals surface area (Å²) in [6, 6.07) is 5.06. The van der Waals surface area contributed by atoms with E-state index in [0.717, 1.165) is 5.56 Å². The zero-order chi connectivity index (χ0) is 12.3. The monoisotopic (exact) mass is 240 g/mol. The zero-order valence-electron chi connectivity index (χ0n) is 9.41. The number of carbonyl (C=O) groups is 2. The first-order valence-electron chi connectivity index (χ1n) is 4.80. The largest absolute Gasteiger partial charge is 0.465 e. The predicted molar refractivity (Wildman–Crippen MR) is 61.8 cm³/mol. The lowest BCUT2D eigenvalue weighted by Gasteiger charge is -2.09. The Balaban J connectivity index is 3.17. The molecule has 1 aromatic carbocycles. The van der Waals surface area contributed by atoms with Crippen molar-refractivity contribution in [2.75, 3.05) is 7.11 Å². The second kappa shape index (κ2) is 5.12. The molecule has 0 amide bonds. The average Bonchev–Trinajstić information content (AvgIpc) is 2.25. The number of alkyl halides is 1. The van der Waals surface area contributed by atoms with Crippen molar-refractivity contribution in [2.24, 2.45) is 0 Å². The Labute approximate surface area is 99.4 Å². The van der Waals surface area contributed by atoms with Crippen LogP contribution in [0.2, 0.25) is 0 Å². The highest BCUT2D eigenvalue weighted by Crippen LogP contribution is 2.24. The Bertz CT molecular complexity index is 426. The highest BCUT2D eigenvalue weighted by Gasteiger charge is 2.16. The third kappa shape index (κ3) is 2.83. The number of hydrogen-bond donors (Lipinski definition) is 0. The van der Waals surface area contributed by atoms with Gasteiger partial charge in [-0.25, -0.2) is 4.79 Å². The molecule has 0 aliphatic carbocycles. The lowest BCUT2D eigenvalue weighted by Crippen LogP contribution is -2.06. The van der Waals surface area contributed by atoms with Gasteiger partial charge in [0.1, 0.15) is 5.38 Å². The van der Waals surface area contributed by atoms with Crippen molar-refractivity contribution < 1.29 is 14.3 Å². The van der Waals surface area contributed by atoms with Crippen molar-refractivity contribution in [2.45, 2.75) is 19.2 Å². The van der Waals surface area contributed by atoms with Crippen molar-refractivity contribution >= 4 is 23.4 Å². The minimum atomic E-state index is -0.719. The molecule has 0 radical (unpaired) electrons. The number of methoxy groups -OCH3 is 1. The van der Waals surface area contributed by atoms with Crippen molar-refractivity contribution in [1.29, 1.82) is 0 Å². The second-order valence-electron chi connectivity index (χ2n) is 3.60. The predicted octanol–water partition coefficient (Wildman–Crippen LogP) is 2.65. The molecule has 0 aromatic heterocycles. The molecule has 1 rings (SSSR count). The number of carbonyl (C=O) groups excluding carboxylic acids is 2. The van der Waals surface area contributed by atoms with Crippen LogP contribution in [0, 0.1) is 6.92 Å². The molecule has 16 heavy (non-hydrogen) atoms. The highest BCUT2D eigenvalue weighted by molar-refractivity contribution is 6.30. The molecular weight excluding hydrogens is 228 g/mol. The van der Waals surface area contributed by atoms with Gasteiger partial charge in [0, 0.05) is 0 Å². The summed E-state index contributed by atoms with van der Waals surface area (Å²) in [7, 11) is 1.31. The fourth-order valence-corrected chi connectivity index (χ4v) is 1.56. The molecular formula is C12H13ClO3. The molecule has 0 aliphatic heterocycles. The summed E-state index contributed by atoms with van der Waals surface area (Å²) in [5, 5.41) is -0.719. The number of aryl methyl sites for hydroxylation is 1. The molecule has 86 valence electrons. The van der Waals surface area contributed by atoms with Crippen LogP contribution < -0.4 is 0 Å². The third-order valence-electron chi connectivity index (χ3n) is 2.17. The van der Waals surface area contributed by atoms with Gasteiger partial charge in [0.15, 0.2) is 5.78 Å². The topological polar surface area (TPSA) is 43.4 Å². The lowest BCUT2D eigenvalue weighted by atomic mass is 10.0. The number of rotatable bonds is 3. The standard InChI is InChI=1S/C12H13ClO3/c1-7-4-9(11(13)8(2)14)6-10(5-7)12(15)16-3/h4-6,11H,1-3H3. The number of ether oxygens (including phenoxy) is 1. The Morgan fingerprint density at radius 1 is 1.31 bits per heavy atom. The van der Waals surface area contributed by atoms with Crippen LogP contribution in [-0.2, 0) is 9.53 Å². The zero-order valence-corrected chi connectivity index (χ0v) is 10.2. The van der Waals surface area contributed by atoms with Gasteiger partial charge >= 0.3 is 5.97 Å². The van der Waals surface area contributed by atoms with Crippen LogP contribution in [0.1, 0.15) is 33.8 Å². The molecule has 0 aliphatic rings. The summed E-state index contributed by atoms with van der Waals surface area (Å²) in [5.41, 5.74) is 1.89. The van der Waals surface area contributed by atoms with Gasteiger partial charge in [-0.3, -0.25) is 4.79 Å². The van der Waals surface area contributed by atoms with E-state index in [1.165, 1.54) is 14.0 Å². The number of esters is 1. The Kier molecular flexibility index (Phi) is 4.07. The number of hydrogen-bond acceptors (Lipinski definition) is 3. The molecule has 0 fully saturated rings. The average molecular weight is 241 g/mol. The van der Waals surface area contributed by atoms with E-state index in [4.69, 9.17) is 11.6 Å². The van der Waals surface area contributed by atoms with Gasteiger partial charge in [0.25, 0.3) is 0 Å². The van der Waals surface area contributed by atoms with Gasteiger partial charge in [-0.1, -0.05) is 6.07 Å². The summed E-state index contributed by atoms with van der Waals surface area (Å²) in [5.74, 6) is -0.583. The Morgan fingerprint density at radius 2 is 1.94 bits per heavy atom. The summed E-state index contributed by atoms with van der Waals surface area (Å²) in [4.78, 5) is 22.5. The summed E-state index contributed by atoms with van der Waals surface area (Å²) < 4.78 is 4.62. The van der Waals surface area contributed by atoms with Crippen molar-refractivity contribution in [3.05, 3.63) is 34.9 Å². The van der Waals surface area contributed by atoms with Crippen LogP contribution in [0.4, 0.5) is 0 Å². The van der Waals surface area contributed by atoms with Crippen molar-refractivity contribution in [3.63, 3.8) is 0 Å². The van der Waals surface area contributed by atoms with Crippen LogP contribution in [-0.4, -0.2) is 18.9 Å². The van der Waals surface area contributed by atoms with Gasteiger partial charge < -0.3 is 4.74 Å². The Hall–Kier alpha value is -1.35. The van der Waals surface area contributed by atoms with E-state index in [1.54, 1.807) is 18.2 Å². The number of halogens is 1. The minimum Gasteiger partial charge on any atom is -0.465 e. The maximum Gasteiger partial charge on any atom is 0.337 e. The van der Waals surface area contributed by atoms with Gasteiger partial charge in [-0.15, -0.1) is 11.6 Å². The second-order valence-corrected chi connectivity index (χ2v) is 4.03. The molecule has 1 aromatic rings. The summed E-state index contributed by atoms with van der Waals surface area (Å²) >= 11 is 5.93. The summed E-state index contributed by atoms with van der Waals surface area (Å²) in [6.45, 7) is 3.25. The fraction of sp³-hybridized carbons (Fsp3) is 0.333. The van der Waals surface area contributed by atoms with Crippen LogP contribution in [0.5, 0.6) is 0 Å². The van der Waals surface area contributed by atoms with E-state index < -0.39 is 11.3 Å². The van der Waals surface area contributed by atoms with Crippen LogP contribution in [0.15, 0.2) is 18.2 Å². The molecule has 0 heterocycles. The maximum atomic E-state index is 11.4. The highest BCUT2D eigenvalue weighted by atomic mass is 35.5. The van der Waals surface area contributed by atoms with E-state index in [-0.39, 0.29) is 5.78 Å². The van der Waals surface area contributed by atoms with Gasteiger partial charge in [0.2, 0.25) is 0 Å². The molecule has 0 saturated heterocycles. The first-order valence-corrected chi connectivity index (χ1v) is 5.23. The first kappa shape index (κ1) is 12.7. The van der Waals surface area contributed by atoms with Gasteiger partial charge in [-0.2, -0.15) is 0 Å². The van der Waals surface area contributed by atoms with Crippen LogP contribution in [0.3, 0.4) is 0 Å². The molecule has 0 N–H and O–H groups in total. The number of benzene rings is 1. The van der Waals surface area contributed by atoms with Gasteiger partial charge in [0.05, 0.1) is 12.7 Å². The van der Waals surface area contributed by atoms with E-state index in [2.05, 4.69) is 4.74 Å². The van der Waals surface area contributed by atoms with Crippen molar-refractivity contribution in [3.8, 4) is 0 Å². The molecule has 0 spiro atoms. The van der Waals surface area contributed by atoms with Crippen LogP contribution in [0.25, 0.3) is 0 Å². The Morgan fingerprint density at radius 3 is 2.44 bits per heavy atom. The molecule has 3 nitrogen and oxygen atoms in total. The first-order chi connectivity index (χ1) is 7.45. The molecule has 0 bridgehead atoms. The van der Waals surface area contributed by atoms with E-state index in [9.17, 15) is 9.59 Å². The number of ketones is 1. The fourth-order valence-electron chi connectivity index (χ4n) is 1.43. The maximum absolute atomic E-state index is 11.4. The smallest absolute Gasteiger partial charge is 0.337 e. The lowest BCUT2D eigenvalue weighted by molar-refractivity contribution is -0.116. The van der Waals surface area contributed by atoms with Crippen molar-refractivity contribution in [1.82, 2.24) is 0 Å².